The number of alkyl halides is 3. The number of rotatable bonds is 7. The first-order chi connectivity index (χ1) is 10.0. The Labute approximate surface area is 125 Å². The molecule has 1 heterocycles. The van der Waals surface area contributed by atoms with Crippen molar-refractivity contribution in [1.29, 1.82) is 0 Å². The molecule has 7 heteroatoms. The number of nitrogens with zero attached hydrogens (tertiary/aromatic N) is 2. The predicted octanol–water partition coefficient (Wildman–Crippen LogP) is 3.67. The molecular formula is C14H16F3N3S. The van der Waals surface area contributed by atoms with E-state index in [-0.39, 0.29) is 16.7 Å². The summed E-state index contributed by atoms with van der Waals surface area (Å²) in [6.07, 6.45) is 4.61. The highest BCUT2D eigenvalue weighted by molar-refractivity contribution is 8.00. The van der Waals surface area contributed by atoms with Crippen LogP contribution >= 0.6 is 11.8 Å². The SMILES string of the molecule is FC(F)(F)Sc1ccc(CNCCCn2cccn2)cc1. The Balaban J connectivity index is 1.66. The Bertz CT molecular complexity index is 523. The van der Waals surface area contributed by atoms with E-state index in [2.05, 4.69) is 10.4 Å². The average molecular weight is 315 g/mol. The second-order valence-electron chi connectivity index (χ2n) is 4.49. The zero-order chi connectivity index (χ0) is 15.1. The van der Waals surface area contributed by atoms with Gasteiger partial charge in [0, 0.05) is 30.4 Å². The van der Waals surface area contributed by atoms with Gasteiger partial charge in [0.2, 0.25) is 0 Å². The van der Waals surface area contributed by atoms with Gasteiger partial charge in [-0.15, -0.1) is 0 Å². The third kappa shape index (κ3) is 6.22. The highest BCUT2D eigenvalue weighted by Crippen LogP contribution is 2.36. The average Bonchev–Trinajstić information content (AvgIpc) is 2.92. The summed E-state index contributed by atoms with van der Waals surface area (Å²) in [5.41, 5.74) is -3.26. The van der Waals surface area contributed by atoms with E-state index in [9.17, 15) is 13.2 Å². The summed E-state index contributed by atoms with van der Waals surface area (Å²) in [5.74, 6) is 0. The molecule has 3 nitrogen and oxygen atoms in total. The van der Waals surface area contributed by atoms with Gasteiger partial charge >= 0.3 is 5.51 Å². The van der Waals surface area contributed by atoms with E-state index in [0.717, 1.165) is 25.1 Å². The molecule has 0 bridgehead atoms. The molecule has 21 heavy (non-hydrogen) atoms. The number of hydrogen-bond acceptors (Lipinski definition) is 3. The lowest BCUT2D eigenvalue weighted by atomic mass is 10.2. The lowest BCUT2D eigenvalue weighted by Crippen LogP contribution is -2.16. The zero-order valence-corrected chi connectivity index (χ0v) is 12.1. The van der Waals surface area contributed by atoms with Crippen molar-refractivity contribution in [3.05, 3.63) is 48.3 Å². The molecule has 2 rings (SSSR count). The van der Waals surface area contributed by atoms with Crippen LogP contribution in [0.15, 0.2) is 47.6 Å². The summed E-state index contributed by atoms with van der Waals surface area (Å²) >= 11 is -0.0902. The van der Waals surface area contributed by atoms with Gasteiger partial charge in [0.1, 0.15) is 0 Å². The maximum absolute atomic E-state index is 12.2. The molecule has 0 fully saturated rings. The minimum atomic E-state index is -4.23. The van der Waals surface area contributed by atoms with Gasteiger partial charge in [-0.05, 0) is 48.5 Å². The summed E-state index contributed by atoms with van der Waals surface area (Å²) in [7, 11) is 0. The number of thioether (sulfide) groups is 1. The third-order valence-electron chi connectivity index (χ3n) is 2.79. The molecule has 0 unspecified atom stereocenters. The van der Waals surface area contributed by atoms with E-state index in [4.69, 9.17) is 0 Å². The molecule has 1 aromatic carbocycles. The van der Waals surface area contributed by atoms with Crippen molar-refractivity contribution in [2.45, 2.75) is 29.9 Å². The van der Waals surface area contributed by atoms with Crippen molar-refractivity contribution in [2.75, 3.05) is 6.54 Å². The molecule has 1 N–H and O–H groups in total. The maximum atomic E-state index is 12.2. The van der Waals surface area contributed by atoms with Crippen LogP contribution in [-0.2, 0) is 13.1 Å². The van der Waals surface area contributed by atoms with Crippen molar-refractivity contribution in [1.82, 2.24) is 15.1 Å². The fourth-order valence-corrected chi connectivity index (χ4v) is 2.38. The quantitative estimate of drug-likeness (QED) is 0.624. The third-order valence-corrected chi connectivity index (χ3v) is 3.53. The van der Waals surface area contributed by atoms with Crippen molar-refractivity contribution in [3.63, 3.8) is 0 Å². The summed E-state index contributed by atoms with van der Waals surface area (Å²) in [6, 6.07) is 8.31. The Hall–Kier alpha value is -1.47. The molecule has 1 aromatic heterocycles. The highest BCUT2D eigenvalue weighted by atomic mass is 32.2. The number of hydrogen-bond donors (Lipinski definition) is 1. The van der Waals surface area contributed by atoms with Gasteiger partial charge in [-0.2, -0.15) is 18.3 Å². The number of aryl methyl sites for hydroxylation is 1. The standard InChI is InChI=1S/C14H16F3N3S/c15-14(16,17)21-13-5-3-12(4-6-13)11-18-7-1-9-20-10-2-8-19-20/h2-6,8,10,18H,1,7,9,11H2. The summed E-state index contributed by atoms with van der Waals surface area (Å²) in [6.45, 7) is 2.33. The molecular weight excluding hydrogens is 299 g/mol. The van der Waals surface area contributed by atoms with Crippen LogP contribution in [0, 0.1) is 0 Å². The van der Waals surface area contributed by atoms with Crippen molar-refractivity contribution in [3.8, 4) is 0 Å². The zero-order valence-electron chi connectivity index (χ0n) is 11.3. The summed E-state index contributed by atoms with van der Waals surface area (Å²) in [4.78, 5) is 0.213. The minimum Gasteiger partial charge on any atom is -0.313 e. The Kier molecular flexibility index (Phi) is 5.69. The number of nitrogens with one attached hydrogen (secondary N) is 1. The number of aromatic nitrogens is 2. The second kappa shape index (κ2) is 7.51. The first-order valence-electron chi connectivity index (χ1n) is 6.56. The van der Waals surface area contributed by atoms with Crippen LogP contribution < -0.4 is 5.32 Å². The summed E-state index contributed by atoms with van der Waals surface area (Å²) in [5, 5.41) is 7.37. The van der Waals surface area contributed by atoms with E-state index in [1.165, 1.54) is 12.1 Å². The van der Waals surface area contributed by atoms with Crippen LogP contribution in [-0.4, -0.2) is 21.8 Å². The molecule has 0 aliphatic heterocycles. The van der Waals surface area contributed by atoms with E-state index < -0.39 is 5.51 Å². The van der Waals surface area contributed by atoms with Gasteiger partial charge in [-0.1, -0.05) is 12.1 Å². The minimum absolute atomic E-state index is 0.0902. The van der Waals surface area contributed by atoms with Crippen LogP contribution in [0.3, 0.4) is 0 Å². The van der Waals surface area contributed by atoms with Gasteiger partial charge in [-0.3, -0.25) is 4.68 Å². The number of benzene rings is 1. The molecule has 0 aliphatic rings. The Morgan fingerprint density at radius 2 is 1.95 bits per heavy atom. The first-order valence-corrected chi connectivity index (χ1v) is 7.37. The fraction of sp³-hybridized carbons (Fsp3) is 0.357. The van der Waals surface area contributed by atoms with E-state index in [1.807, 2.05) is 16.9 Å². The topological polar surface area (TPSA) is 29.9 Å². The van der Waals surface area contributed by atoms with E-state index in [1.54, 1.807) is 18.3 Å². The van der Waals surface area contributed by atoms with Gasteiger partial charge < -0.3 is 5.32 Å². The van der Waals surface area contributed by atoms with Crippen LogP contribution in [0.4, 0.5) is 13.2 Å². The van der Waals surface area contributed by atoms with Gasteiger partial charge in [-0.25, -0.2) is 0 Å². The van der Waals surface area contributed by atoms with Crippen LogP contribution in [0.2, 0.25) is 0 Å². The monoisotopic (exact) mass is 315 g/mol. The molecule has 0 amide bonds. The molecule has 0 spiro atoms. The van der Waals surface area contributed by atoms with Crippen LogP contribution in [0.1, 0.15) is 12.0 Å². The molecule has 0 atom stereocenters. The van der Waals surface area contributed by atoms with Crippen LogP contribution in [0.25, 0.3) is 0 Å². The fourth-order valence-electron chi connectivity index (χ4n) is 1.84. The van der Waals surface area contributed by atoms with E-state index in [0.29, 0.717) is 6.54 Å². The predicted molar refractivity (Wildman–Crippen MR) is 76.9 cm³/mol. The maximum Gasteiger partial charge on any atom is 0.446 e. The van der Waals surface area contributed by atoms with Crippen molar-refractivity contribution in [2.24, 2.45) is 0 Å². The molecule has 0 aliphatic carbocycles. The second-order valence-corrected chi connectivity index (χ2v) is 5.63. The molecule has 0 saturated carbocycles. The smallest absolute Gasteiger partial charge is 0.313 e. The Morgan fingerprint density at radius 1 is 1.19 bits per heavy atom. The molecule has 2 aromatic rings. The van der Waals surface area contributed by atoms with Crippen LogP contribution in [0.5, 0.6) is 0 Å². The molecule has 114 valence electrons. The lowest BCUT2D eigenvalue weighted by molar-refractivity contribution is -0.0328. The summed E-state index contributed by atoms with van der Waals surface area (Å²) < 4.78 is 38.4. The van der Waals surface area contributed by atoms with Crippen molar-refractivity contribution >= 4 is 11.8 Å². The van der Waals surface area contributed by atoms with Gasteiger partial charge in [0.15, 0.2) is 0 Å². The number of halogens is 3. The Morgan fingerprint density at radius 3 is 2.57 bits per heavy atom. The van der Waals surface area contributed by atoms with E-state index >= 15 is 0 Å². The van der Waals surface area contributed by atoms with Gasteiger partial charge in [0.05, 0.1) is 0 Å². The highest BCUT2D eigenvalue weighted by Gasteiger charge is 2.28. The normalized spacial score (nSPS) is 11.8. The van der Waals surface area contributed by atoms with Crippen molar-refractivity contribution < 1.29 is 13.2 Å². The lowest BCUT2D eigenvalue weighted by Gasteiger charge is -2.08. The molecule has 0 saturated heterocycles. The largest absolute Gasteiger partial charge is 0.446 e. The first kappa shape index (κ1) is 15.9. The van der Waals surface area contributed by atoms with Gasteiger partial charge in [0.25, 0.3) is 0 Å². The molecule has 0 radical (unpaired) electrons.